The van der Waals surface area contributed by atoms with Gasteiger partial charge in [0.2, 0.25) is 5.91 Å². The highest BCUT2D eigenvalue weighted by Gasteiger charge is 2.62. The molecule has 3 fully saturated rings. The van der Waals surface area contributed by atoms with Crippen LogP contribution in [0.25, 0.3) is 0 Å². The molecule has 1 aliphatic carbocycles. The van der Waals surface area contributed by atoms with Gasteiger partial charge in [0, 0.05) is 11.3 Å². The van der Waals surface area contributed by atoms with Crippen molar-refractivity contribution in [2.75, 3.05) is 6.54 Å². The molecule has 3 rings (SSSR count). The van der Waals surface area contributed by atoms with E-state index in [1.165, 1.54) is 0 Å². The van der Waals surface area contributed by atoms with Crippen molar-refractivity contribution in [3.63, 3.8) is 0 Å². The Kier molecular flexibility index (Phi) is 4.59. The van der Waals surface area contributed by atoms with Crippen LogP contribution in [0, 0.1) is 23.2 Å². The molecule has 1 saturated carbocycles. The fraction of sp³-hybridized carbons (Fsp3) is 0.824. The number of carbonyl (C=O) groups excluding carboxylic acids is 3. The SMILES string of the molecule is CC(CC(C)C1(C)C(=O)C1C)C1(C)OC1C.O=C1CNC(=O)N1. The molecule has 0 radical (unpaired) electrons. The van der Waals surface area contributed by atoms with Gasteiger partial charge >= 0.3 is 6.03 Å². The van der Waals surface area contributed by atoms with Gasteiger partial charge in [-0.25, -0.2) is 4.79 Å². The second kappa shape index (κ2) is 5.89. The van der Waals surface area contributed by atoms with Gasteiger partial charge in [-0.3, -0.25) is 14.9 Å². The van der Waals surface area contributed by atoms with E-state index in [1.54, 1.807) is 0 Å². The number of rotatable bonds is 4. The lowest BCUT2D eigenvalue weighted by Gasteiger charge is -2.24. The molecule has 2 heterocycles. The van der Waals surface area contributed by atoms with Crippen molar-refractivity contribution in [3.8, 4) is 0 Å². The number of ether oxygens (including phenoxy) is 1. The number of nitrogens with one attached hydrogen (secondary N) is 2. The summed E-state index contributed by atoms with van der Waals surface area (Å²) in [5.41, 5.74) is 0.00848. The van der Waals surface area contributed by atoms with Gasteiger partial charge in [0.1, 0.15) is 5.78 Å². The third-order valence-electron chi connectivity index (χ3n) is 6.29. The van der Waals surface area contributed by atoms with Crippen LogP contribution >= 0.6 is 0 Å². The van der Waals surface area contributed by atoms with Crippen molar-refractivity contribution in [1.82, 2.24) is 10.6 Å². The van der Waals surface area contributed by atoms with Crippen LogP contribution in [0.5, 0.6) is 0 Å². The quantitative estimate of drug-likeness (QED) is 0.610. The predicted octanol–water partition coefficient (Wildman–Crippen LogP) is 1.88. The Morgan fingerprint density at radius 1 is 1.17 bits per heavy atom. The summed E-state index contributed by atoms with van der Waals surface area (Å²) >= 11 is 0. The summed E-state index contributed by atoms with van der Waals surface area (Å²) in [6.45, 7) is 13.1. The molecule has 0 aromatic carbocycles. The standard InChI is InChI=1S/C14H24O2.C3H4N2O2/c1-8(13(5)10(3)12(13)15)7-9(2)14(6)11(4)16-14;6-2-1-4-3(7)5-2/h8-11H,7H2,1-6H3;1H2,(H2,4,5,6,7). The lowest BCUT2D eigenvalue weighted by Crippen LogP contribution is -2.25. The number of imide groups is 1. The molecule has 6 heteroatoms. The molecule has 130 valence electrons. The number of carbonyl (C=O) groups is 3. The highest BCUT2D eigenvalue weighted by atomic mass is 16.6. The van der Waals surface area contributed by atoms with E-state index in [-0.39, 0.29) is 29.4 Å². The number of epoxide rings is 1. The Morgan fingerprint density at radius 3 is 1.96 bits per heavy atom. The third kappa shape index (κ3) is 3.27. The molecule has 6 unspecified atom stereocenters. The fourth-order valence-corrected chi connectivity index (χ4v) is 3.52. The molecular formula is C17H28N2O4. The summed E-state index contributed by atoms with van der Waals surface area (Å²) in [6, 6.07) is -0.398. The van der Waals surface area contributed by atoms with Crippen LogP contribution in [0.4, 0.5) is 4.79 Å². The Morgan fingerprint density at radius 2 is 1.70 bits per heavy atom. The van der Waals surface area contributed by atoms with Gasteiger partial charge in [-0.1, -0.05) is 27.7 Å². The zero-order valence-electron chi connectivity index (χ0n) is 14.9. The monoisotopic (exact) mass is 324 g/mol. The van der Waals surface area contributed by atoms with Crippen molar-refractivity contribution < 1.29 is 19.1 Å². The summed E-state index contributed by atoms with van der Waals surface area (Å²) in [7, 11) is 0. The van der Waals surface area contributed by atoms with Gasteiger partial charge in [0.25, 0.3) is 0 Å². The second-order valence-electron chi connectivity index (χ2n) is 7.58. The highest BCUT2D eigenvalue weighted by molar-refractivity contribution is 6.03. The second-order valence-corrected chi connectivity index (χ2v) is 7.58. The summed E-state index contributed by atoms with van der Waals surface area (Å²) < 4.78 is 5.67. The first-order valence-corrected chi connectivity index (χ1v) is 8.33. The molecule has 3 aliphatic rings. The van der Waals surface area contributed by atoms with Gasteiger partial charge in [0.15, 0.2) is 0 Å². The number of amides is 3. The minimum atomic E-state index is -0.398. The average Bonchev–Trinajstić information content (AvgIpc) is 3.15. The molecule has 3 amide bonds. The third-order valence-corrected chi connectivity index (χ3v) is 6.29. The first-order valence-electron chi connectivity index (χ1n) is 8.33. The molecule has 6 nitrogen and oxygen atoms in total. The van der Waals surface area contributed by atoms with E-state index in [2.05, 4.69) is 46.9 Å². The lowest BCUT2D eigenvalue weighted by atomic mass is 9.78. The highest BCUT2D eigenvalue weighted by Crippen LogP contribution is 2.56. The summed E-state index contributed by atoms with van der Waals surface area (Å²) in [5, 5.41) is 4.30. The maximum absolute atomic E-state index is 11.7. The maximum Gasteiger partial charge on any atom is 0.321 e. The van der Waals surface area contributed by atoms with Crippen molar-refractivity contribution in [2.45, 2.75) is 59.7 Å². The summed E-state index contributed by atoms with van der Waals surface area (Å²) in [4.78, 5) is 31.7. The molecule has 0 aromatic rings. The minimum Gasteiger partial charge on any atom is -0.366 e. The summed E-state index contributed by atoms with van der Waals surface area (Å²) in [6.07, 6.45) is 1.47. The Labute approximate surface area is 137 Å². The normalized spacial score (nSPS) is 40.5. The number of urea groups is 1. The first-order chi connectivity index (χ1) is 10.5. The number of ketones is 1. The molecular weight excluding hydrogens is 296 g/mol. The predicted molar refractivity (Wildman–Crippen MR) is 85.7 cm³/mol. The van der Waals surface area contributed by atoms with E-state index in [1.807, 2.05) is 5.32 Å². The molecule has 2 N–H and O–H groups in total. The largest absolute Gasteiger partial charge is 0.366 e. The molecule has 23 heavy (non-hydrogen) atoms. The molecule has 0 spiro atoms. The van der Waals surface area contributed by atoms with E-state index >= 15 is 0 Å². The van der Waals surface area contributed by atoms with Crippen molar-refractivity contribution in [3.05, 3.63) is 0 Å². The number of hydrogen-bond donors (Lipinski definition) is 2. The lowest BCUT2D eigenvalue weighted by molar-refractivity contribution is -0.117. The van der Waals surface area contributed by atoms with Crippen LogP contribution < -0.4 is 10.6 Å². The Bertz CT molecular complexity index is 521. The average molecular weight is 324 g/mol. The smallest absolute Gasteiger partial charge is 0.321 e. The number of Topliss-reactive ketones (excluding diaryl/α,β-unsaturated/α-hetero) is 1. The van der Waals surface area contributed by atoms with E-state index < -0.39 is 6.03 Å². The fourth-order valence-electron chi connectivity index (χ4n) is 3.52. The minimum absolute atomic E-state index is 0.0528. The van der Waals surface area contributed by atoms with Gasteiger partial charge in [-0.05, 0) is 32.1 Å². The van der Waals surface area contributed by atoms with Crippen LogP contribution in [-0.4, -0.2) is 36.0 Å². The Hall–Kier alpha value is -1.43. The molecule has 6 atom stereocenters. The van der Waals surface area contributed by atoms with E-state index in [0.29, 0.717) is 23.7 Å². The van der Waals surface area contributed by atoms with Crippen molar-refractivity contribution in [1.29, 1.82) is 0 Å². The molecule has 2 aliphatic heterocycles. The zero-order chi connectivity index (χ0) is 17.6. The topological polar surface area (TPSA) is 87.8 Å². The van der Waals surface area contributed by atoms with Gasteiger partial charge in [-0.2, -0.15) is 0 Å². The maximum atomic E-state index is 11.7. The zero-order valence-corrected chi connectivity index (χ0v) is 14.9. The molecule has 2 saturated heterocycles. The van der Waals surface area contributed by atoms with Crippen molar-refractivity contribution >= 4 is 17.7 Å². The van der Waals surface area contributed by atoms with Crippen LogP contribution in [0.2, 0.25) is 0 Å². The van der Waals surface area contributed by atoms with E-state index in [9.17, 15) is 14.4 Å². The van der Waals surface area contributed by atoms with Crippen LogP contribution in [0.15, 0.2) is 0 Å². The van der Waals surface area contributed by atoms with Crippen LogP contribution in [0.1, 0.15) is 48.0 Å². The van der Waals surface area contributed by atoms with Crippen molar-refractivity contribution in [2.24, 2.45) is 23.2 Å². The number of hydrogen-bond acceptors (Lipinski definition) is 4. The van der Waals surface area contributed by atoms with Gasteiger partial charge in [-0.15, -0.1) is 0 Å². The summed E-state index contributed by atoms with van der Waals surface area (Å²) in [5.74, 6) is 1.46. The van der Waals surface area contributed by atoms with E-state index in [0.717, 1.165) is 6.42 Å². The van der Waals surface area contributed by atoms with Gasteiger partial charge < -0.3 is 10.1 Å². The van der Waals surface area contributed by atoms with E-state index in [4.69, 9.17) is 4.74 Å². The molecule has 0 bridgehead atoms. The van der Waals surface area contributed by atoms with Gasteiger partial charge in [0.05, 0.1) is 18.2 Å². The first kappa shape index (κ1) is 17.9. The molecule has 0 aromatic heterocycles. The Balaban J connectivity index is 0.000000229. The van der Waals surface area contributed by atoms with Crippen LogP contribution in [-0.2, 0) is 14.3 Å². The van der Waals surface area contributed by atoms with Crippen LogP contribution in [0.3, 0.4) is 0 Å².